The summed E-state index contributed by atoms with van der Waals surface area (Å²) in [7, 11) is -4.17. The van der Waals surface area contributed by atoms with Gasteiger partial charge in [0.25, 0.3) is 11.8 Å². The normalized spacial score (nSPS) is 21.6. The van der Waals surface area contributed by atoms with E-state index in [1.807, 2.05) is 0 Å². The van der Waals surface area contributed by atoms with E-state index in [0.717, 1.165) is 29.2 Å². The zero-order chi connectivity index (χ0) is 27.2. The summed E-state index contributed by atoms with van der Waals surface area (Å²) in [5, 5.41) is 4.95. The second-order valence-corrected chi connectivity index (χ2v) is 10.2. The third-order valence-electron chi connectivity index (χ3n) is 6.08. The highest BCUT2D eigenvalue weighted by Gasteiger charge is 2.55. The molecule has 2 aromatic rings. The standard InChI is InChI=1S/C22H20F5N3O6S/c23-18-7-16(37(28,33)34)5-6-17(18)20(32)30-9-13-8-29(11-21(13,24)12-30)19(31)10-35-14-1-3-15(4-2-14)36-22(25,26)27/h1-7,13H,8-12H2,(H2,28,33,34)/t13-,21+/m0/s1. The molecule has 0 bridgehead atoms. The number of benzene rings is 2. The number of hydrogen-bond donors (Lipinski definition) is 1. The summed E-state index contributed by atoms with van der Waals surface area (Å²) in [6.07, 6.45) is -4.85. The zero-order valence-electron chi connectivity index (χ0n) is 18.9. The van der Waals surface area contributed by atoms with Crippen LogP contribution in [0.2, 0.25) is 0 Å². The van der Waals surface area contributed by atoms with Crippen molar-refractivity contribution in [2.45, 2.75) is 16.9 Å². The first kappa shape index (κ1) is 26.6. The van der Waals surface area contributed by atoms with Crippen molar-refractivity contribution < 1.29 is 49.4 Å². The maximum Gasteiger partial charge on any atom is 0.573 e. The molecule has 2 atom stereocenters. The van der Waals surface area contributed by atoms with Crippen molar-refractivity contribution in [1.82, 2.24) is 9.80 Å². The number of sulfonamides is 1. The van der Waals surface area contributed by atoms with Crippen LogP contribution in [-0.4, -0.2) is 74.8 Å². The number of likely N-dealkylation sites (tertiary alicyclic amines) is 2. The van der Waals surface area contributed by atoms with Gasteiger partial charge in [0.15, 0.2) is 12.3 Å². The van der Waals surface area contributed by atoms with E-state index in [9.17, 15) is 35.6 Å². The lowest BCUT2D eigenvalue weighted by Gasteiger charge is -2.23. The molecule has 2 saturated heterocycles. The Labute approximate surface area is 207 Å². The first-order valence-corrected chi connectivity index (χ1v) is 12.3. The van der Waals surface area contributed by atoms with Crippen LogP contribution in [0.4, 0.5) is 22.0 Å². The minimum Gasteiger partial charge on any atom is -0.484 e. The summed E-state index contributed by atoms with van der Waals surface area (Å²) < 4.78 is 98.3. The molecule has 0 radical (unpaired) electrons. The largest absolute Gasteiger partial charge is 0.573 e. The first-order chi connectivity index (χ1) is 17.1. The first-order valence-electron chi connectivity index (χ1n) is 10.7. The third kappa shape index (κ3) is 5.93. The molecule has 0 saturated carbocycles. The molecule has 37 heavy (non-hydrogen) atoms. The van der Waals surface area contributed by atoms with Crippen LogP contribution in [-0.2, 0) is 14.8 Å². The van der Waals surface area contributed by atoms with Crippen LogP contribution in [0.1, 0.15) is 10.4 Å². The number of ether oxygens (including phenoxy) is 2. The summed E-state index contributed by atoms with van der Waals surface area (Å²) >= 11 is 0. The molecular formula is C22H20F5N3O6S. The van der Waals surface area contributed by atoms with Crippen LogP contribution < -0.4 is 14.6 Å². The quantitative estimate of drug-likeness (QED) is 0.552. The third-order valence-corrected chi connectivity index (χ3v) is 6.99. The highest BCUT2D eigenvalue weighted by atomic mass is 32.2. The second kappa shape index (κ2) is 9.45. The van der Waals surface area contributed by atoms with Gasteiger partial charge in [-0.05, 0) is 42.5 Å². The van der Waals surface area contributed by atoms with Gasteiger partial charge in [-0.25, -0.2) is 22.3 Å². The molecule has 2 aliphatic heterocycles. The molecular weight excluding hydrogens is 529 g/mol. The summed E-state index contributed by atoms with van der Waals surface area (Å²) in [5.41, 5.74) is -2.39. The van der Waals surface area contributed by atoms with Gasteiger partial charge in [-0.15, -0.1) is 13.2 Å². The number of halogens is 5. The summed E-state index contributed by atoms with van der Waals surface area (Å²) in [6.45, 7) is -1.37. The Morgan fingerprint density at radius 2 is 1.62 bits per heavy atom. The van der Waals surface area contributed by atoms with E-state index in [4.69, 9.17) is 9.88 Å². The molecule has 0 aromatic heterocycles. The van der Waals surface area contributed by atoms with Crippen molar-refractivity contribution in [3.05, 3.63) is 53.8 Å². The van der Waals surface area contributed by atoms with Gasteiger partial charge < -0.3 is 19.3 Å². The van der Waals surface area contributed by atoms with Crippen LogP contribution in [0.3, 0.4) is 0 Å². The van der Waals surface area contributed by atoms with E-state index >= 15 is 4.39 Å². The van der Waals surface area contributed by atoms with Crippen molar-refractivity contribution in [2.24, 2.45) is 11.1 Å². The smallest absolute Gasteiger partial charge is 0.484 e. The van der Waals surface area contributed by atoms with Gasteiger partial charge >= 0.3 is 6.36 Å². The van der Waals surface area contributed by atoms with Gasteiger partial charge in [0, 0.05) is 19.0 Å². The van der Waals surface area contributed by atoms with Gasteiger partial charge in [0.1, 0.15) is 17.3 Å². The van der Waals surface area contributed by atoms with E-state index in [0.29, 0.717) is 6.07 Å². The average Bonchev–Trinajstić information content (AvgIpc) is 3.28. The number of alkyl halides is 4. The summed E-state index contributed by atoms with van der Waals surface area (Å²) in [6, 6.07) is 6.95. The maximum atomic E-state index is 15.6. The second-order valence-electron chi connectivity index (χ2n) is 8.69. The number of carbonyl (C=O) groups excluding carboxylic acids is 2. The maximum absolute atomic E-state index is 15.6. The Bertz CT molecular complexity index is 1320. The molecule has 2 aromatic carbocycles. The Morgan fingerprint density at radius 1 is 1.03 bits per heavy atom. The number of fused-ring (bicyclic) bond motifs is 1. The molecule has 2 N–H and O–H groups in total. The van der Waals surface area contributed by atoms with Gasteiger partial charge in [-0.3, -0.25) is 9.59 Å². The number of carbonyl (C=O) groups is 2. The number of amides is 2. The number of hydrogen-bond acceptors (Lipinski definition) is 6. The topological polar surface area (TPSA) is 119 Å². The SMILES string of the molecule is NS(=O)(=O)c1ccc(C(=O)N2C[C@@H]3CN(C(=O)COc4ccc(OC(F)(F)F)cc4)C[C@@]3(F)C2)c(F)c1. The zero-order valence-corrected chi connectivity index (χ0v) is 19.7. The highest BCUT2D eigenvalue weighted by Crippen LogP contribution is 2.39. The molecule has 0 unspecified atom stereocenters. The molecule has 2 fully saturated rings. The molecule has 0 aliphatic carbocycles. The molecule has 2 aliphatic rings. The predicted octanol–water partition coefficient (Wildman–Crippen LogP) is 2.07. The lowest BCUT2D eigenvalue weighted by molar-refractivity contribution is -0.274. The van der Waals surface area contributed by atoms with Crippen LogP contribution >= 0.6 is 0 Å². The Hall–Kier alpha value is -3.46. The predicted molar refractivity (Wildman–Crippen MR) is 116 cm³/mol. The van der Waals surface area contributed by atoms with Crippen molar-refractivity contribution in [3.63, 3.8) is 0 Å². The van der Waals surface area contributed by atoms with E-state index in [2.05, 4.69) is 4.74 Å². The molecule has 15 heteroatoms. The van der Waals surface area contributed by atoms with Crippen molar-refractivity contribution in [2.75, 3.05) is 32.8 Å². The number of nitrogens with zero attached hydrogens (tertiary/aromatic N) is 2. The summed E-state index contributed by atoms with van der Waals surface area (Å²) in [5.74, 6) is -3.62. The minimum atomic E-state index is -4.85. The lowest BCUT2D eigenvalue weighted by atomic mass is 9.97. The number of rotatable bonds is 6. The van der Waals surface area contributed by atoms with Gasteiger partial charge in [0.05, 0.1) is 23.5 Å². The van der Waals surface area contributed by atoms with Gasteiger partial charge in [-0.2, -0.15) is 0 Å². The fourth-order valence-corrected chi connectivity index (χ4v) is 4.85. The van der Waals surface area contributed by atoms with Crippen molar-refractivity contribution in [1.29, 1.82) is 0 Å². The monoisotopic (exact) mass is 549 g/mol. The fraction of sp³-hybridized carbons (Fsp3) is 0.364. The van der Waals surface area contributed by atoms with E-state index in [1.165, 1.54) is 17.0 Å². The van der Waals surface area contributed by atoms with Crippen LogP contribution in [0.5, 0.6) is 11.5 Å². The molecule has 2 amide bonds. The lowest BCUT2D eigenvalue weighted by Crippen LogP contribution is -2.41. The number of primary sulfonamides is 1. The average molecular weight is 549 g/mol. The Morgan fingerprint density at radius 3 is 2.19 bits per heavy atom. The van der Waals surface area contributed by atoms with Crippen molar-refractivity contribution in [3.8, 4) is 11.5 Å². The summed E-state index contributed by atoms with van der Waals surface area (Å²) in [4.78, 5) is 27.1. The van der Waals surface area contributed by atoms with Crippen LogP contribution in [0.15, 0.2) is 47.4 Å². The Kier molecular flexibility index (Phi) is 6.79. The van der Waals surface area contributed by atoms with E-state index in [1.54, 1.807) is 0 Å². The van der Waals surface area contributed by atoms with Crippen LogP contribution in [0.25, 0.3) is 0 Å². The molecule has 0 spiro atoms. The number of nitrogens with two attached hydrogens (primary N) is 1. The molecule has 2 heterocycles. The molecule has 4 rings (SSSR count). The highest BCUT2D eigenvalue weighted by molar-refractivity contribution is 7.89. The molecule has 9 nitrogen and oxygen atoms in total. The van der Waals surface area contributed by atoms with Crippen LogP contribution in [0, 0.1) is 11.7 Å². The minimum absolute atomic E-state index is 0.0341. The van der Waals surface area contributed by atoms with Crippen molar-refractivity contribution >= 4 is 21.8 Å². The fourth-order valence-electron chi connectivity index (χ4n) is 4.32. The van der Waals surface area contributed by atoms with E-state index < -0.39 is 75.0 Å². The van der Waals surface area contributed by atoms with Gasteiger partial charge in [-0.1, -0.05) is 0 Å². The molecule has 200 valence electrons. The van der Waals surface area contributed by atoms with E-state index in [-0.39, 0.29) is 25.4 Å². The Balaban J connectivity index is 1.32. The van der Waals surface area contributed by atoms with Gasteiger partial charge in [0.2, 0.25) is 10.0 Å².